The Labute approximate surface area is 234 Å². The number of sulfonamides is 1. The van der Waals surface area contributed by atoms with Gasteiger partial charge in [-0.3, -0.25) is 4.79 Å². The Hall–Kier alpha value is -3.83. The molecule has 0 unspecified atom stereocenters. The van der Waals surface area contributed by atoms with E-state index in [0.717, 1.165) is 5.69 Å². The highest BCUT2D eigenvalue weighted by Crippen LogP contribution is 2.38. The molecule has 3 heterocycles. The highest BCUT2D eigenvalue weighted by atomic mass is 32.2. The van der Waals surface area contributed by atoms with Gasteiger partial charge in [-0.1, -0.05) is 11.3 Å². The zero-order chi connectivity index (χ0) is 28.6. The maximum absolute atomic E-state index is 13.5. The first-order valence-electron chi connectivity index (χ1n) is 12.5. The number of aromatic nitrogens is 2. The van der Waals surface area contributed by atoms with Gasteiger partial charge in [-0.2, -0.15) is 9.57 Å². The molecule has 1 aliphatic rings. The minimum atomic E-state index is -3.27. The lowest BCUT2D eigenvalue weighted by Gasteiger charge is -2.35. The van der Waals surface area contributed by atoms with Gasteiger partial charge in [0.2, 0.25) is 10.0 Å². The molecule has 0 saturated carbocycles. The molecule has 40 heavy (non-hydrogen) atoms. The molecule has 1 N–H and O–H groups in total. The lowest BCUT2D eigenvalue weighted by Crippen LogP contribution is -2.48. The summed E-state index contributed by atoms with van der Waals surface area (Å²) in [5.41, 5.74) is 2.28. The van der Waals surface area contributed by atoms with Crippen molar-refractivity contribution in [1.82, 2.24) is 13.9 Å². The molecule has 5 rings (SSSR count). The lowest BCUT2D eigenvalue weighted by atomic mass is 10.1. The van der Waals surface area contributed by atoms with Crippen molar-refractivity contribution in [3.05, 3.63) is 69.7 Å². The van der Waals surface area contributed by atoms with E-state index in [4.69, 9.17) is 4.98 Å². The van der Waals surface area contributed by atoms with E-state index < -0.39 is 10.0 Å². The molecule has 0 radical (unpaired) electrons. The Morgan fingerprint density at radius 2 is 1.82 bits per heavy atom. The number of piperazine rings is 1. The summed E-state index contributed by atoms with van der Waals surface area (Å²) in [5.74, 6) is -0.388. The van der Waals surface area contributed by atoms with Crippen LogP contribution in [0.4, 0.5) is 20.9 Å². The van der Waals surface area contributed by atoms with Gasteiger partial charge in [-0.15, -0.1) is 0 Å². The summed E-state index contributed by atoms with van der Waals surface area (Å²) in [6.07, 6.45) is 2.87. The van der Waals surface area contributed by atoms with Crippen LogP contribution in [0.3, 0.4) is 0 Å². The van der Waals surface area contributed by atoms with Crippen molar-refractivity contribution in [3.8, 4) is 17.3 Å². The summed E-state index contributed by atoms with van der Waals surface area (Å²) in [6, 6.07) is 13.4. The second kappa shape index (κ2) is 11.0. The normalized spacial score (nSPS) is 14.4. The van der Waals surface area contributed by atoms with Crippen LogP contribution in [0, 0.1) is 17.1 Å². The van der Waals surface area contributed by atoms with Crippen LogP contribution in [-0.2, 0) is 16.6 Å². The largest absolute Gasteiger partial charge is 0.395 e. The minimum Gasteiger partial charge on any atom is -0.395 e. The van der Waals surface area contributed by atoms with Gasteiger partial charge in [-0.25, -0.2) is 17.8 Å². The molecule has 1 fully saturated rings. The van der Waals surface area contributed by atoms with Crippen molar-refractivity contribution in [2.75, 3.05) is 55.9 Å². The van der Waals surface area contributed by atoms with Gasteiger partial charge in [0.1, 0.15) is 22.5 Å². The number of pyridine rings is 1. The van der Waals surface area contributed by atoms with Crippen LogP contribution in [0.25, 0.3) is 22.0 Å². The first-order valence-corrected chi connectivity index (χ1v) is 15.2. The number of hydrogen-bond acceptors (Lipinski definition) is 9. The van der Waals surface area contributed by atoms with Crippen molar-refractivity contribution >= 4 is 48.6 Å². The van der Waals surface area contributed by atoms with Gasteiger partial charge in [0.15, 0.2) is 5.13 Å². The van der Waals surface area contributed by atoms with E-state index in [-0.39, 0.29) is 24.5 Å². The van der Waals surface area contributed by atoms with E-state index in [9.17, 15) is 28.0 Å². The number of aliphatic hydroxyl groups excluding tert-OH is 1. The van der Waals surface area contributed by atoms with E-state index in [1.54, 1.807) is 36.3 Å². The second-order valence-electron chi connectivity index (χ2n) is 9.47. The molecule has 1 aliphatic heterocycles. The molecule has 0 aliphatic carbocycles. The fraction of sp³-hybridized carbons (Fsp3) is 0.296. The highest BCUT2D eigenvalue weighted by molar-refractivity contribution is 7.88. The predicted octanol–water partition coefficient (Wildman–Crippen LogP) is 2.98. The quantitative estimate of drug-likeness (QED) is 0.353. The Morgan fingerprint density at radius 1 is 1.12 bits per heavy atom. The van der Waals surface area contributed by atoms with Gasteiger partial charge < -0.3 is 19.5 Å². The summed E-state index contributed by atoms with van der Waals surface area (Å²) >= 11 is 1.18. The van der Waals surface area contributed by atoms with E-state index in [0.29, 0.717) is 63.9 Å². The smallest absolute Gasteiger partial charge is 0.258 e. The van der Waals surface area contributed by atoms with Crippen LogP contribution in [0.1, 0.15) is 4.88 Å². The zero-order valence-electron chi connectivity index (χ0n) is 21.9. The highest BCUT2D eigenvalue weighted by Gasteiger charge is 2.25. The number of nitriles is 1. The average Bonchev–Trinajstić information content (AvgIpc) is 3.38. The molecule has 1 saturated heterocycles. The van der Waals surface area contributed by atoms with Crippen molar-refractivity contribution in [1.29, 1.82) is 5.26 Å². The monoisotopic (exact) mass is 582 g/mol. The van der Waals surface area contributed by atoms with Crippen molar-refractivity contribution < 1.29 is 17.9 Å². The molecular weight excluding hydrogens is 555 g/mol. The maximum atomic E-state index is 13.5. The van der Waals surface area contributed by atoms with E-state index >= 15 is 0 Å². The average molecular weight is 583 g/mol. The molecule has 10 nitrogen and oxygen atoms in total. The number of anilines is 3. The fourth-order valence-corrected chi connectivity index (χ4v) is 6.50. The molecule has 0 atom stereocenters. The SMILES string of the molecule is CN(c1nc(-c2ccc(F)cc2)c(C#N)s1)c1cn(CCO)c(=O)c2ccc(N3CCN(S(C)(=O)=O)CC3)cc12. The van der Waals surface area contributed by atoms with Crippen LogP contribution in [0.15, 0.2) is 53.5 Å². The molecular formula is C27H27FN6O4S2. The summed E-state index contributed by atoms with van der Waals surface area (Å²) < 4.78 is 40.3. The van der Waals surface area contributed by atoms with Crippen molar-refractivity contribution in [2.45, 2.75) is 6.54 Å². The molecule has 208 valence electrons. The Kier molecular flexibility index (Phi) is 7.61. The number of hydrogen-bond donors (Lipinski definition) is 1. The molecule has 0 amide bonds. The molecule has 13 heteroatoms. The summed E-state index contributed by atoms with van der Waals surface area (Å²) in [7, 11) is -1.48. The van der Waals surface area contributed by atoms with Gasteiger partial charge in [0, 0.05) is 68.0 Å². The minimum absolute atomic E-state index is 0.104. The lowest BCUT2D eigenvalue weighted by molar-refractivity contribution is 0.274. The number of aliphatic hydroxyl groups is 1. The topological polar surface area (TPSA) is 123 Å². The van der Waals surface area contributed by atoms with Gasteiger partial charge in [0.05, 0.1) is 18.6 Å². The van der Waals surface area contributed by atoms with Crippen LogP contribution in [0.5, 0.6) is 0 Å². The van der Waals surface area contributed by atoms with Gasteiger partial charge >= 0.3 is 0 Å². The predicted molar refractivity (Wildman–Crippen MR) is 154 cm³/mol. The number of thiazole rings is 1. The first kappa shape index (κ1) is 27.7. The van der Waals surface area contributed by atoms with Crippen molar-refractivity contribution in [3.63, 3.8) is 0 Å². The molecule has 2 aromatic carbocycles. The summed E-state index contributed by atoms with van der Waals surface area (Å²) in [5, 5.41) is 21.0. The third-order valence-electron chi connectivity index (χ3n) is 6.95. The van der Waals surface area contributed by atoms with Crippen LogP contribution in [-0.4, -0.2) is 73.5 Å². The van der Waals surface area contributed by atoms with Gasteiger partial charge in [-0.05, 0) is 42.5 Å². The van der Waals surface area contributed by atoms with Gasteiger partial charge in [0.25, 0.3) is 5.56 Å². The summed E-state index contributed by atoms with van der Waals surface area (Å²) in [6.45, 7) is 1.62. The van der Waals surface area contributed by atoms with Crippen LogP contribution >= 0.6 is 11.3 Å². The second-order valence-corrected chi connectivity index (χ2v) is 12.4. The Bertz CT molecular complexity index is 1770. The number of rotatable bonds is 7. The number of fused-ring (bicyclic) bond motifs is 1. The molecule has 2 aromatic heterocycles. The van der Waals surface area contributed by atoms with E-state index in [1.807, 2.05) is 12.1 Å². The third-order valence-corrected chi connectivity index (χ3v) is 9.29. The fourth-order valence-electron chi connectivity index (χ4n) is 4.81. The molecule has 0 bridgehead atoms. The molecule has 4 aromatic rings. The maximum Gasteiger partial charge on any atom is 0.258 e. The van der Waals surface area contributed by atoms with Crippen LogP contribution < -0.4 is 15.4 Å². The first-order chi connectivity index (χ1) is 19.1. The Balaban J connectivity index is 1.58. The standard InChI is InChI=1S/C27H27FN6O4S2/c1-31(27-30-25(24(16-29)39-27)18-3-5-19(28)6-4-18)23-17-33(13-14-35)26(36)21-8-7-20(15-22(21)23)32-9-11-34(12-10-32)40(2,37)38/h3-8,15,17,35H,9-14H2,1-2H3. The summed E-state index contributed by atoms with van der Waals surface area (Å²) in [4.78, 5) is 22.2. The van der Waals surface area contributed by atoms with E-state index in [1.165, 1.54) is 38.6 Å². The number of halogens is 1. The van der Waals surface area contributed by atoms with E-state index in [2.05, 4.69) is 11.0 Å². The third kappa shape index (κ3) is 5.31. The number of nitrogens with zero attached hydrogens (tertiary/aromatic N) is 6. The molecule has 0 spiro atoms. The number of benzene rings is 2. The Morgan fingerprint density at radius 3 is 2.45 bits per heavy atom. The van der Waals surface area contributed by atoms with Crippen LogP contribution in [0.2, 0.25) is 0 Å². The zero-order valence-corrected chi connectivity index (χ0v) is 23.5. The van der Waals surface area contributed by atoms with Crippen molar-refractivity contribution in [2.24, 2.45) is 0 Å².